The van der Waals surface area contributed by atoms with Crippen molar-refractivity contribution >= 4 is 22.9 Å². The zero-order valence-electron chi connectivity index (χ0n) is 16.1. The number of fused-ring (bicyclic) bond motifs is 1. The lowest BCUT2D eigenvalue weighted by atomic mass is 10.0. The molecule has 1 amide bonds. The molecule has 146 valence electrons. The molecule has 29 heavy (non-hydrogen) atoms. The molecule has 0 aromatic carbocycles. The highest BCUT2D eigenvalue weighted by Gasteiger charge is 2.30. The number of carbonyl (C=O) groups excluding carboxylic acids is 1. The second-order valence-electron chi connectivity index (χ2n) is 7.93. The quantitative estimate of drug-likeness (QED) is 0.692. The van der Waals surface area contributed by atoms with E-state index in [4.69, 9.17) is 0 Å². The van der Waals surface area contributed by atoms with Gasteiger partial charge in [0.15, 0.2) is 5.82 Å². The van der Waals surface area contributed by atoms with Crippen LogP contribution in [-0.2, 0) is 4.79 Å². The van der Waals surface area contributed by atoms with Crippen molar-refractivity contribution in [3.05, 3.63) is 42.4 Å². The third kappa shape index (κ3) is 3.66. The molecule has 3 aromatic heterocycles. The van der Waals surface area contributed by atoms with Crippen molar-refractivity contribution in [2.45, 2.75) is 44.6 Å². The predicted molar refractivity (Wildman–Crippen MR) is 110 cm³/mol. The van der Waals surface area contributed by atoms with Gasteiger partial charge in [0.2, 0.25) is 5.91 Å². The van der Waals surface area contributed by atoms with Gasteiger partial charge in [0, 0.05) is 29.8 Å². The number of nitrogens with one attached hydrogen (secondary N) is 2. The van der Waals surface area contributed by atoms with Gasteiger partial charge in [-0.1, -0.05) is 12.8 Å². The van der Waals surface area contributed by atoms with E-state index in [1.807, 2.05) is 30.5 Å². The van der Waals surface area contributed by atoms with E-state index in [1.165, 1.54) is 12.8 Å². The summed E-state index contributed by atoms with van der Waals surface area (Å²) in [7, 11) is 0. The van der Waals surface area contributed by atoms with Crippen molar-refractivity contribution in [1.29, 1.82) is 5.26 Å². The number of aromatic nitrogens is 3. The van der Waals surface area contributed by atoms with Crippen molar-refractivity contribution in [2.24, 2.45) is 5.92 Å². The molecule has 0 bridgehead atoms. The number of nitriles is 1. The molecular formula is C22H22N6O. The Morgan fingerprint density at radius 2 is 2.00 bits per heavy atom. The van der Waals surface area contributed by atoms with Crippen molar-refractivity contribution in [1.82, 2.24) is 14.6 Å². The van der Waals surface area contributed by atoms with E-state index < -0.39 is 0 Å². The Bertz CT molecular complexity index is 1120. The van der Waals surface area contributed by atoms with E-state index >= 15 is 0 Å². The lowest BCUT2D eigenvalue weighted by Gasteiger charge is -2.17. The van der Waals surface area contributed by atoms with Crippen molar-refractivity contribution in [3.8, 4) is 17.2 Å². The Balaban J connectivity index is 1.48. The third-order valence-corrected chi connectivity index (χ3v) is 5.71. The summed E-state index contributed by atoms with van der Waals surface area (Å²) >= 11 is 0. The van der Waals surface area contributed by atoms with Crippen LogP contribution in [0.4, 0.5) is 11.5 Å². The smallest absolute Gasteiger partial charge is 0.228 e. The van der Waals surface area contributed by atoms with Crippen molar-refractivity contribution in [2.75, 3.05) is 10.6 Å². The first-order valence-corrected chi connectivity index (χ1v) is 10.2. The lowest BCUT2D eigenvalue weighted by molar-refractivity contribution is -0.117. The number of rotatable bonds is 5. The Hall–Kier alpha value is -3.40. The summed E-state index contributed by atoms with van der Waals surface area (Å²) in [6.45, 7) is 0. The fourth-order valence-corrected chi connectivity index (χ4v) is 3.96. The summed E-state index contributed by atoms with van der Waals surface area (Å²) in [4.78, 5) is 16.3. The summed E-state index contributed by atoms with van der Waals surface area (Å²) in [6, 6.07) is 10.3. The number of anilines is 2. The van der Waals surface area contributed by atoms with Gasteiger partial charge in [0.1, 0.15) is 11.8 Å². The van der Waals surface area contributed by atoms with Crippen LogP contribution >= 0.6 is 0 Å². The van der Waals surface area contributed by atoms with Gasteiger partial charge in [-0.2, -0.15) is 10.4 Å². The average molecular weight is 386 g/mol. The average Bonchev–Trinajstić information content (AvgIpc) is 3.32. The maximum Gasteiger partial charge on any atom is 0.228 e. The Morgan fingerprint density at radius 1 is 1.17 bits per heavy atom. The number of nitrogens with zero attached hydrogens (tertiary/aromatic N) is 4. The number of hydrogen-bond acceptors (Lipinski definition) is 5. The van der Waals surface area contributed by atoms with Crippen LogP contribution in [0.15, 0.2) is 36.7 Å². The highest BCUT2D eigenvalue weighted by molar-refractivity contribution is 5.94. The highest BCUT2D eigenvalue weighted by atomic mass is 16.2. The van der Waals surface area contributed by atoms with Crippen LogP contribution in [0.2, 0.25) is 0 Å². The van der Waals surface area contributed by atoms with E-state index in [0.29, 0.717) is 17.6 Å². The molecule has 3 aromatic rings. The number of hydrogen-bond donors (Lipinski definition) is 2. The van der Waals surface area contributed by atoms with Gasteiger partial charge in [-0.25, -0.2) is 9.50 Å². The zero-order valence-corrected chi connectivity index (χ0v) is 16.1. The van der Waals surface area contributed by atoms with Crippen LogP contribution < -0.4 is 10.6 Å². The van der Waals surface area contributed by atoms with Gasteiger partial charge in [0.05, 0.1) is 17.4 Å². The van der Waals surface area contributed by atoms with Crippen LogP contribution in [-0.4, -0.2) is 26.5 Å². The molecule has 5 rings (SSSR count). The van der Waals surface area contributed by atoms with Crippen LogP contribution in [0.25, 0.3) is 16.6 Å². The molecule has 2 aliphatic rings. The Morgan fingerprint density at radius 3 is 2.76 bits per heavy atom. The van der Waals surface area contributed by atoms with Crippen LogP contribution in [0, 0.1) is 17.2 Å². The largest absolute Gasteiger partial charge is 0.381 e. The lowest BCUT2D eigenvalue weighted by Crippen LogP contribution is -2.15. The van der Waals surface area contributed by atoms with E-state index in [0.717, 1.165) is 48.0 Å². The van der Waals surface area contributed by atoms with Crippen LogP contribution in [0.3, 0.4) is 0 Å². The molecular weight excluding hydrogens is 364 g/mol. The van der Waals surface area contributed by atoms with Gasteiger partial charge >= 0.3 is 0 Å². The normalized spacial score (nSPS) is 16.7. The summed E-state index contributed by atoms with van der Waals surface area (Å²) in [6.07, 6.45) is 10.4. The molecule has 7 heteroatoms. The maximum atomic E-state index is 12.0. The van der Waals surface area contributed by atoms with Gasteiger partial charge in [0.25, 0.3) is 0 Å². The fraction of sp³-hybridized carbons (Fsp3) is 0.364. The SMILES string of the molecule is N#Cc1cc(-c2ccn3nc(NC(=O)C4CC4)cc3c2)c(NC2CCCC2)cn1. The first-order chi connectivity index (χ1) is 14.2. The molecule has 2 fully saturated rings. The molecule has 0 unspecified atom stereocenters. The van der Waals surface area contributed by atoms with Gasteiger partial charge in [-0.15, -0.1) is 0 Å². The van der Waals surface area contributed by atoms with Gasteiger partial charge < -0.3 is 10.6 Å². The molecule has 2 saturated carbocycles. The fourth-order valence-electron chi connectivity index (χ4n) is 3.96. The summed E-state index contributed by atoms with van der Waals surface area (Å²) < 4.78 is 1.75. The van der Waals surface area contributed by atoms with Gasteiger partial charge in [-0.05, 0) is 49.4 Å². The van der Waals surface area contributed by atoms with Crippen molar-refractivity contribution < 1.29 is 4.79 Å². The standard InChI is InChI=1S/C22H22N6O/c23-12-17-10-19(20(13-24-17)25-16-3-1-2-4-16)15-7-8-28-18(9-15)11-21(27-28)26-22(29)14-5-6-14/h7-11,13-14,16,25H,1-6H2,(H,26,27,29). The van der Waals surface area contributed by atoms with Gasteiger partial charge in [-0.3, -0.25) is 4.79 Å². The molecule has 0 atom stereocenters. The van der Waals surface area contributed by atoms with E-state index in [9.17, 15) is 10.1 Å². The second kappa shape index (κ2) is 7.21. The summed E-state index contributed by atoms with van der Waals surface area (Å²) in [5, 5.41) is 20.2. The molecule has 0 radical (unpaired) electrons. The number of pyridine rings is 2. The summed E-state index contributed by atoms with van der Waals surface area (Å²) in [5.41, 5.74) is 4.16. The molecule has 2 N–H and O–H groups in total. The summed E-state index contributed by atoms with van der Waals surface area (Å²) in [5.74, 6) is 0.751. The number of amides is 1. The minimum Gasteiger partial charge on any atom is -0.381 e. The Labute approximate surface area is 168 Å². The van der Waals surface area contributed by atoms with E-state index in [1.54, 1.807) is 10.7 Å². The topological polar surface area (TPSA) is 95.1 Å². The second-order valence-corrected chi connectivity index (χ2v) is 7.93. The minimum atomic E-state index is 0.0458. The molecule has 0 spiro atoms. The highest BCUT2D eigenvalue weighted by Crippen LogP contribution is 2.33. The van der Waals surface area contributed by atoms with E-state index in [-0.39, 0.29) is 11.8 Å². The molecule has 3 heterocycles. The van der Waals surface area contributed by atoms with Crippen LogP contribution in [0.5, 0.6) is 0 Å². The first kappa shape index (κ1) is 17.7. The molecule has 0 saturated heterocycles. The molecule has 7 nitrogen and oxygen atoms in total. The predicted octanol–water partition coefficient (Wildman–Crippen LogP) is 3.97. The number of carbonyl (C=O) groups is 1. The maximum absolute atomic E-state index is 12.0. The first-order valence-electron chi connectivity index (χ1n) is 10.2. The molecule has 0 aliphatic heterocycles. The zero-order chi connectivity index (χ0) is 19.8. The Kier molecular flexibility index (Phi) is 4.39. The monoisotopic (exact) mass is 386 g/mol. The third-order valence-electron chi connectivity index (χ3n) is 5.71. The van der Waals surface area contributed by atoms with Crippen LogP contribution in [0.1, 0.15) is 44.2 Å². The molecule has 2 aliphatic carbocycles. The van der Waals surface area contributed by atoms with E-state index in [2.05, 4.69) is 26.8 Å². The van der Waals surface area contributed by atoms with Crippen molar-refractivity contribution in [3.63, 3.8) is 0 Å². The minimum absolute atomic E-state index is 0.0458.